The minimum atomic E-state index is 0. The molecule has 0 atom stereocenters. The molecular formula is C16H19ClN2O. The fraction of sp³-hybridized carbons (Fsp3) is 0.312. The number of fused-ring (bicyclic) bond motifs is 1. The fourth-order valence-corrected chi connectivity index (χ4v) is 2.20. The highest BCUT2D eigenvalue weighted by atomic mass is 35.5. The first-order valence-corrected chi connectivity index (χ1v) is 6.28. The Morgan fingerprint density at radius 3 is 2.85 bits per heavy atom. The molecule has 0 amide bonds. The molecule has 20 heavy (non-hydrogen) atoms. The lowest BCUT2D eigenvalue weighted by molar-refractivity contribution is 0.358. The quantitative estimate of drug-likeness (QED) is 0.635. The summed E-state index contributed by atoms with van der Waals surface area (Å²) in [6, 6.07) is 2.02. The van der Waals surface area contributed by atoms with Gasteiger partial charge in [0, 0.05) is 23.8 Å². The summed E-state index contributed by atoms with van der Waals surface area (Å²) in [6.45, 7) is 10.9. The van der Waals surface area contributed by atoms with Gasteiger partial charge >= 0.3 is 0 Å². The highest BCUT2D eigenvalue weighted by molar-refractivity contribution is 5.88. The second kappa shape index (κ2) is 7.02. The minimum Gasteiger partial charge on any atom is -0.463 e. The van der Waals surface area contributed by atoms with Gasteiger partial charge in [0.05, 0.1) is 0 Å². The monoisotopic (exact) mass is 290 g/mol. The maximum absolute atomic E-state index is 5.68. The first kappa shape index (κ1) is 16.1. The molecule has 2 heterocycles. The van der Waals surface area contributed by atoms with E-state index < -0.39 is 0 Å². The van der Waals surface area contributed by atoms with Crippen LogP contribution in [0.5, 0.6) is 5.88 Å². The van der Waals surface area contributed by atoms with E-state index in [9.17, 15) is 0 Å². The molecule has 0 aliphatic heterocycles. The largest absolute Gasteiger partial charge is 0.463 e. The van der Waals surface area contributed by atoms with E-state index in [0.717, 1.165) is 12.1 Å². The summed E-state index contributed by atoms with van der Waals surface area (Å²) in [6.07, 6.45) is 3.66. The molecule has 0 aromatic carbocycles. The summed E-state index contributed by atoms with van der Waals surface area (Å²) in [5.41, 5.74) is 3.50. The molecule has 3 nitrogen and oxygen atoms in total. The molecule has 0 aliphatic carbocycles. The van der Waals surface area contributed by atoms with Gasteiger partial charge in [0.2, 0.25) is 5.88 Å². The second-order valence-electron chi connectivity index (χ2n) is 4.34. The maximum atomic E-state index is 5.68. The van der Waals surface area contributed by atoms with E-state index in [2.05, 4.69) is 41.8 Å². The van der Waals surface area contributed by atoms with Crippen LogP contribution in [0.25, 0.3) is 10.9 Å². The van der Waals surface area contributed by atoms with Crippen molar-refractivity contribution in [1.82, 2.24) is 9.55 Å². The Morgan fingerprint density at radius 1 is 1.45 bits per heavy atom. The van der Waals surface area contributed by atoms with Crippen LogP contribution in [-0.2, 0) is 6.54 Å². The molecule has 0 saturated carbocycles. The number of aryl methyl sites for hydroxylation is 1. The van der Waals surface area contributed by atoms with Crippen LogP contribution in [0.2, 0.25) is 0 Å². The molecule has 106 valence electrons. The van der Waals surface area contributed by atoms with Crippen molar-refractivity contribution in [3.63, 3.8) is 0 Å². The van der Waals surface area contributed by atoms with Gasteiger partial charge in [0.25, 0.3) is 0 Å². The van der Waals surface area contributed by atoms with E-state index in [1.165, 1.54) is 16.6 Å². The second-order valence-corrected chi connectivity index (χ2v) is 4.34. The normalized spacial score (nSPS) is 9.55. The standard InChI is InChI=1S/C16H18N2O.ClH/c1-5-7-11-19-16-15-14(8-9-17-16)12(3)13(4)18(15)10-6-2;/h6,8-9H,2,10-11H2,1,3-4H3;1H. The number of hydrogen-bond acceptors (Lipinski definition) is 2. The van der Waals surface area contributed by atoms with Crippen molar-refractivity contribution in [3.8, 4) is 17.7 Å². The molecule has 0 N–H and O–H groups in total. The molecule has 0 aliphatic rings. The number of aromatic nitrogens is 2. The Kier molecular flexibility index (Phi) is 5.66. The molecule has 0 radical (unpaired) electrons. The third kappa shape index (κ3) is 2.81. The van der Waals surface area contributed by atoms with Crippen molar-refractivity contribution in [2.75, 3.05) is 6.61 Å². The van der Waals surface area contributed by atoms with E-state index in [4.69, 9.17) is 4.74 Å². The van der Waals surface area contributed by atoms with Crippen LogP contribution in [0.15, 0.2) is 24.9 Å². The molecule has 0 fully saturated rings. The number of nitrogens with zero attached hydrogens (tertiary/aromatic N) is 2. The molecule has 0 unspecified atom stereocenters. The van der Waals surface area contributed by atoms with Gasteiger partial charge in [-0.1, -0.05) is 12.0 Å². The van der Waals surface area contributed by atoms with E-state index in [-0.39, 0.29) is 12.4 Å². The lowest BCUT2D eigenvalue weighted by atomic mass is 10.2. The van der Waals surface area contributed by atoms with Gasteiger partial charge in [-0.15, -0.1) is 24.9 Å². The SMILES string of the molecule is C=CCn1c(C)c(C)c2ccnc(OCC#CC)c21.Cl. The smallest absolute Gasteiger partial charge is 0.239 e. The summed E-state index contributed by atoms with van der Waals surface area (Å²) >= 11 is 0. The molecule has 0 spiro atoms. The third-order valence-electron chi connectivity index (χ3n) is 3.28. The molecule has 2 rings (SSSR count). The highest BCUT2D eigenvalue weighted by Crippen LogP contribution is 2.30. The van der Waals surface area contributed by atoms with Crippen LogP contribution in [0.3, 0.4) is 0 Å². The lowest BCUT2D eigenvalue weighted by Gasteiger charge is -2.08. The van der Waals surface area contributed by atoms with Crippen LogP contribution in [-0.4, -0.2) is 16.2 Å². The summed E-state index contributed by atoms with van der Waals surface area (Å²) < 4.78 is 7.86. The van der Waals surface area contributed by atoms with Crippen molar-refractivity contribution in [3.05, 3.63) is 36.2 Å². The van der Waals surface area contributed by atoms with Gasteiger partial charge in [0.15, 0.2) is 6.61 Å². The Balaban J connectivity index is 0.00000200. The third-order valence-corrected chi connectivity index (χ3v) is 3.28. The predicted octanol–water partition coefficient (Wildman–Crippen LogP) is 3.66. The first-order chi connectivity index (χ1) is 9.20. The Morgan fingerprint density at radius 2 is 2.20 bits per heavy atom. The topological polar surface area (TPSA) is 27.1 Å². The lowest BCUT2D eigenvalue weighted by Crippen LogP contribution is -2.02. The molecule has 2 aromatic rings. The Labute approximate surface area is 126 Å². The van der Waals surface area contributed by atoms with Crippen molar-refractivity contribution in [2.24, 2.45) is 0 Å². The van der Waals surface area contributed by atoms with Gasteiger partial charge in [-0.05, 0) is 32.4 Å². The van der Waals surface area contributed by atoms with Crippen molar-refractivity contribution < 1.29 is 4.74 Å². The molecule has 0 saturated heterocycles. The van der Waals surface area contributed by atoms with Crippen molar-refractivity contribution in [1.29, 1.82) is 0 Å². The fourth-order valence-electron chi connectivity index (χ4n) is 2.20. The number of pyridine rings is 1. The predicted molar refractivity (Wildman–Crippen MR) is 85.6 cm³/mol. The summed E-state index contributed by atoms with van der Waals surface area (Å²) in [7, 11) is 0. The molecule has 4 heteroatoms. The van der Waals surface area contributed by atoms with Gasteiger partial charge in [0.1, 0.15) is 5.52 Å². The minimum absolute atomic E-state index is 0. The van der Waals surface area contributed by atoms with E-state index in [0.29, 0.717) is 12.5 Å². The van der Waals surface area contributed by atoms with Crippen LogP contribution < -0.4 is 4.74 Å². The Hall–Kier alpha value is -1.92. The van der Waals surface area contributed by atoms with Gasteiger partial charge < -0.3 is 9.30 Å². The Bertz CT molecular complexity index is 677. The molecular weight excluding hydrogens is 272 g/mol. The van der Waals surface area contributed by atoms with Crippen LogP contribution >= 0.6 is 12.4 Å². The average molecular weight is 291 g/mol. The summed E-state index contributed by atoms with van der Waals surface area (Å²) in [5, 5.41) is 1.17. The summed E-state index contributed by atoms with van der Waals surface area (Å²) in [5.74, 6) is 6.35. The zero-order chi connectivity index (χ0) is 13.8. The number of rotatable bonds is 4. The van der Waals surface area contributed by atoms with Gasteiger partial charge in [-0.3, -0.25) is 0 Å². The maximum Gasteiger partial charge on any atom is 0.239 e. The number of halogens is 1. The van der Waals surface area contributed by atoms with Crippen LogP contribution in [0.1, 0.15) is 18.2 Å². The van der Waals surface area contributed by atoms with E-state index in [1.807, 2.05) is 12.1 Å². The van der Waals surface area contributed by atoms with Gasteiger partial charge in [-0.2, -0.15) is 0 Å². The van der Waals surface area contributed by atoms with E-state index in [1.54, 1.807) is 13.1 Å². The average Bonchev–Trinajstić information content (AvgIpc) is 2.66. The zero-order valence-electron chi connectivity index (χ0n) is 12.1. The zero-order valence-corrected chi connectivity index (χ0v) is 12.9. The van der Waals surface area contributed by atoms with Gasteiger partial charge in [-0.25, -0.2) is 4.98 Å². The number of hydrogen-bond donors (Lipinski definition) is 0. The molecule has 0 bridgehead atoms. The first-order valence-electron chi connectivity index (χ1n) is 6.28. The summed E-state index contributed by atoms with van der Waals surface area (Å²) in [4.78, 5) is 4.33. The number of ether oxygens (including phenoxy) is 1. The van der Waals surface area contributed by atoms with Crippen molar-refractivity contribution >= 4 is 23.3 Å². The number of allylic oxidation sites excluding steroid dienone is 1. The van der Waals surface area contributed by atoms with Crippen LogP contribution in [0.4, 0.5) is 0 Å². The van der Waals surface area contributed by atoms with E-state index >= 15 is 0 Å². The van der Waals surface area contributed by atoms with Crippen molar-refractivity contribution in [2.45, 2.75) is 27.3 Å². The van der Waals surface area contributed by atoms with Crippen LogP contribution in [0, 0.1) is 25.7 Å². The highest BCUT2D eigenvalue weighted by Gasteiger charge is 2.15. The molecule has 2 aromatic heterocycles.